The van der Waals surface area contributed by atoms with Gasteiger partial charge in [0.2, 0.25) is 6.51 Å². The highest BCUT2D eigenvalue weighted by atomic mass is 35.9. The molecule has 0 unspecified atom stereocenters. The zero-order valence-corrected chi connectivity index (χ0v) is 7.64. The summed E-state index contributed by atoms with van der Waals surface area (Å²) in [5.41, 5.74) is 0. The standard InChI is InChI=1S/C6H6.Cl2HOP/c1-2-4-6-5-3-1;1-4(2)3/h1-6H;4H. The Morgan fingerprint density at radius 2 is 0.900 bits per heavy atom. The van der Waals surface area contributed by atoms with Crippen molar-refractivity contribution in [1.29, 1.82) is 0 Å². The summed E-state index contributed by atoms with van der Waals surface area (Å²) in [6.07, 6.45) is 0. The van der Waals surface area contributed by atoms with Crippen molar-refractivity contribution >= 4 is 29.0 Å². The van der Waals surface area contributed by atoms with E-state index < -0.39 is 6.51 Å². The Labute approximate surface area is 70.3 Å². The molecule has 0 aliphatic rings. The van der Waals surface area contributed by atoms with E-state index >= 15 is 0 Å². The van der Waals surface area contributed by atoms with Gasteiger partial charge in [-0.2, -0.15) is 0 Å². The molecular formula is C6H7Cl2OP. The fraction of sp³-hybridized carbons (Fsp3) is 0. The molecule has 0 atom stereocenters. The van der Waals surface area contributed by atoms with E-state index in [1.165, 1.54) is 0 Å². The predicted molar refractivity (Wildman–Crippen MR) is 47.1 cm³/mol. The summed E-state index contributed by atoms with van der Waals surface area (Å²) in [5, 5.41) is 0. The average Bonchev–Trinajstić information content (AvgIpc) is 1.90. The predicted octanol–water partition coefficient (Wildman–Crippen LogP) is 3.54. The van der Waals surface area contributed by atoms with Crippen molar-refractivity contribution < 1.29 is 4.57 Å². The molecule has 0 radical (unpaired) electrons. The lowest BCUT2D eigenvalue weighted by atomic mass is 10.4. The summed E-state index contributed by atoms with van der Waals surface area (Å²) < 4.78 is 9.16. The van der Waals surface area contributed by atoms with Gasteiger partial charge in [-0.1, -0.05) is 36.4 Å². The van der Waals surface area contributed by atoms with Crippen molar-refractivity contribution in [3.63, 3.8) is 0 Å². The van der Waals surface area contributed by atoms with E-state index in [9.17, 15) is 0 Å². The van der Waals surface area contributed by atoms with Crippen LogP contribution in [0.25, 0.3) is 0 Å². The van der Waals surface area contributed by atoms with Crippen molar-refractivity contribution in [3.8, 4) is 0 Å². The number of hydrogen-bond acceptors (Lipinski definition) is 1. The monoisotopic (exact) mass is 196 g/mol. The van der Waals surface area contributed by atoms with E-state index in [0.29, 0.717) is 0 Å². The van der Waals surface area contributed by atoms with Crippen LogP contribution < -0.4 is 0 Å². The van der Waals surface area contributed by atoms with E-state index in [1.807, 2.05) is 36.4 Å². The first kappa shape index (κ1) is 10.0. The van der Waals surface area contributed by atoms with E-state index in [-0.39, 0.29) is 0 Å². The average molecular weight is 197 g/mol. The van der Waals surface area contributed by atoms with Crippen LogP contribution in [0.2, 0.25) is 0 Å². The lowest BCUT2D eigenvalue weighted by Gasteiger charge is -1.69. The molecule has 1 aromatic carbocycles. The van der Waals surface area contributed by atoms with Crippen LogP contribution in [0.3, 0.4) is 0 Å². The van der Waals surface area contributed by atoms with Gasteiger partial charge in [0.1, 0.15) is 0 Å². The van der Waals surface area contributed by atoms with Crippen molar-refractivity contribution in [3.05, 3.63) is 36.4 Å². The Hall–Kier alpha value is 0.0300. The van der Waals surface area contributed by atoms with Crippen LogP contribution in [-0.4, -0.2) is 0 Å². The number of benzene rings is 1. The topological polar surface area (TPSA) is 17.1 Å². The molecule has 0 fully saturated rings. The molecule has 0 N–H and O–H groups in total. The molecular weight excluding hydrogens is 190 g/mol. The van der Waals surface area contributed by atoms with Crippen molar-refractivity contribution in [2.45, 2.75) is 0 Å². The summed E-state index contributed by atoms with van der Waals surface area (Å²) in [6, 6.07) is 12.0. The molecule has 56 valence electrons. The fourth-order valence-electron chi connectivity index (χ4n) is 0.385. The highest BCUT2D eigenvalue weighted by Gasteiger charge is 1.67. The minimum Gasteiger partial charge on any atom is -0.293 e. The van der Waals surface area contributed by atoms with Gasteiger partial charge in [-0.25, -0.2) is 0 Å². The Morgan fingerprint density at radius 1 is 0.800 bits per heavy atom. The van der Waals surface area contributed by atoms with Gasteiger partial charge >= 0.3 is 0 Å². The summed E-state index contributed by atoms with van der Waals surface area (Å²) in [4.78, 5) is 0. The second-order valence-electron chi connectivity index (χ2n) is 1.38. The highest BCUT2D eigenvalue weighted by molar-refractivity contribution is 7.95. The largest absolute Gasteiger partial charge is 0.293 e. The minimum atomic E-state index is -2.19. The second-order valence-corrected chi connectivity index (χ2v) is 4.47. The van der Waals surface area contributed by atoms with Crippen LogP contribution >= 0.6 is 29.0 Å². The van der Waals surface area contributed by atoms with Gasteiger partial charge in [0.15, 0.2) is 0 Å². The zero-order chi connectivity index (χ0) is 7.82. The van der Waals surface area contributed by atoms with E-state index in [4.69, 9.17) is 4.57 Å². The SMILES string of the molecule is O=[PH](Cl)Cl.c1ccccc1. The zero-order valence-electron chi connectivity index (χ0n) is 5.13. The fourth-order valence-corrected chi connectivity index (χ4v) is 0.385. The third-order valence-corrected chi connectivity index (χ3v) is 0.667. The molecule has 0 aliphatic heterocycles. The van der Waals surface area contributed by atoms with Crippen molar-refractivity contribution in [2.24, 2.45) is 0 Å². The maximum absolute atomic E-state index is 9.16. The molecule has 10 heavy (non-hydrogen) atoms. The van der Waals surface area contributed by atoms with Gasteiger partial charge in [-0.05, 0) is 22.5 Å². The lowest BCUT2D eigenvalue weighted by Crippen LogP contribution is -1.47. The van der Waals surface area contributed by atoms with Gasteiger partial charge in [0, 0.05) is 0 Å². The number of hydrogen-bond donors (Lipinski definition) is 0. The normalized spacial score (nSPS) is 8.30. The molecule has 0 aromatic heterocycles. The second kappa shape index (κ2) is 7.14. The first-order valence-corrected chi connectivity index (χ1v) is 6.01. The quantitative estimate of drug-likeness (QED) is 0.581. The summed E-state index contributed by atoms with van der Waals surface area (Å²) in [5.74, 6) is 0. The Balaban J connectivity index is 0.000000180. The Kier molecular flexibility index (Phi) is 7.16. The van der Waals surface area contributed by atoms with Crippen LogP contribution in [0, 0.1) is 0 Å². The van der Waals surface area contributed by atoms with Crippen molar-refractivity contribution in [1.82, 2.24) is 0 Å². The summed E-state index contributed by atoms with van der Waals surface area (Å²) in [7, 11) is 0. The third kappa shape index (κ3) is 10.9. The summed E-state index contributed by atoms with van der Waals surface area (Å²) >= 11 is 9.17. The van der Waals surface area contributed by atoms with Crippen LogP contribution in [0.4, 0.5) is 0 Å². The van der Waals surface area contributed by atoms with Crippen LogP contribution in [0.5, 0.6) is 0 Å². The van der Waals surface area contributed by atoms with Gasteiger partial charge in [-0.3, -0.25) is 4.57 Å². The molecule has 0 amide bonds. The Bertz CT molecular complexity index is 148. The van der Waals surface area contributed by atoms with E-state index in [1.54, 1.807) is 0 Å². The van der Waals surface area contributed by atoms with E-state index in [2.05, 4.69) is 22.5 Å². The third-order valence-electron chi connectivity index (χ3n) is 0.667. The molecule has 1 nitrogen and oxygen atoms in total. The molecule has 1 rings (SSSR count). The van der Waals surface area contributed by atoms with Crippen molar-refractivity contribution in [2.75, 3.05) is 0 Å². The maximum Gasteiger partial charge on any atom is 0.241 e. The van der Waals surface area contributed by atoms with Gasteiger partial charge < -0.3 is 0 Å². The number of halogens is 2. The van der Waals surface area contributed by atoms with Crippen LogP contribution in [0.1, 0.15) is 0 Å². The van der Waals surface area contributed by atoms with Crippen LogP contribution in [0.15, 0.2) is 36.4 Å². The Morgan fingerprint density at radius 3 is 1.00 bits per heavy atom. The molecule has 0 heterocycles. The van der Waals surface area contributed by atoms with Gasteiger partial charge in [-0.15, -0.1) is 0 Å². The smallest absolute Gasteiger partial charge is 0.241 e. The molecule has 4 heteroatoms. The van der Waals surface area contributed by atoms with E-state index in [0.717, 1.165) is 0 Å². The maximum atomic E-state index is 9.16. The van der Waals surface area contributed by atoms with Crippen LogP contribution in [-0.2, 0) is 4.57 Å². The lowest BCUT2D eigenvalue weighted by molar-refractivity contribution is 0.602. The van der Waals surface area contributed by atoms with Gasteiger partial charge in [0.05, 0.1) is 0 Å². The highest BCUT2D eigenvalue weighted by Crippen LogP contribution is 2.31. The molecule has 0 saturated carbocycles. The minimum absolute atomic E-state index is 2.00. The molecule has 0 bridgehead atoms. The molecule has 0 aliphatic carbocycles. The first-order valence-electron chi connectivity index (χ1n) is 2.58. The summed E-state index contributed by atoms with van der Waals surface area (Å²) in [6.45, 7) is -2.19. The molecule has 0 saturated heterocycles. The number of rotatable bonds is 0. The molecule has 0 spiro atoms. The van der Waals surface area contributed by atoms with Gasteiger partial charge in [0.25, 0.3) is 0 Å². The molecule has 1 aromatic rings. The first-order chi connectivity index (χ1) is 4.73.